The molecule has 0 saturated carbocycles. The van der Waals surface area contributed by atoms with Crippen molar-refractivity contribution in [1.29, 1.82) is 0 Å². The maximum absolute atomic E-state index is 13.1. The summed E-state index contributed by atoms with van der Waals surface area (Å²) in [5.41, 5.74) is 2.71. The highest BCUT2D eigenvalue weighted by Gasteiger charge is 2.16. The van der Waals surface area contributed by atoms with Crippen molar-refractivity contribution in [3.05, 3.63) is 111 Å². The minimum atomic E-state index is -0.460. The van der Waals surface area contributed by atoms with Gasteiger partial charge in [0.15, 0.2) is 16.5 Å². The Kier molecular flexibility index (Phi) is 5.47. The van der Waals surface area contributed by atoms with Crippen molar-refractivity contribution in [2.24, 2.45) is 0 Å². The Labute approximate surface area is 209 Å². The molecular weight excluding hydrogens is 472 g/mol. The van der Waals surface area contributed by atoms with Crippen molar-refractivity contribution in [1.82, 2.24) is 9.38 Å². The van der Waals surface area contributed by atoms with Crippen LogP contribution in [0.4, 0.5) is 0 Å². The van der Waals surface area contributed by atoms with Crippen molar-refractivity contribution < 1.29 is 14.3 Å². The molecule has 0 atom stereocenters. The predicted octanol–water partition coefficient (Wildman–Crippen LogP) is 5.23. The van der Waals surface area contributed by atoms with E-state index in [2.05, 4.69) is 4.98 Å². The molecule has 2 heterocycles. The highest BCUT2D eigenvalue weighted by atomic mass is 32.1. The largest absolute Gasteiger partial charge is 0.490 e. The molecule has 36 heavy (non-hydrogen) atoms. The van der Waals surface area contributed by atoms with Crippen LogP contribution in [0.3, 0.4) is 0 Å². The number of nitrogens with zero attached hydrogens (tertiary/aromatic N) is 2. The zero-order valence-electron chi connectivity index (χ0n) is 19.3. The third-order valence-electron chi connectivity index (χ3n) is 5.92. The lowest BCUT2D eigenvalue weighted by Crippen LogP contribution is -2.22. The maximum Gasteiger partial charge on any atom is 0.344 e. The molecule has 176 valence electrons. The molecule has 6 nitrogen and oxygen atoms in total. The van der Waals surface area contributed by atoms with Gasteiger partial charge in [0, 0.05) is 0 Å². The maximum atomic E-state index is 13.1. The van der Waals surface area contributed by atoms with E-state index in [4.69, 9.17) is 9.47 Å². The number of rotatable bonds is 5. The molecule has 7 heteroatoms. The van der Waals surface area contributed by atoms with Crippen LogP contribution in [0.15, 0.2) is 89.7 Å². The lowest BCUT2D eigenvalue weighted by Gasteiger charge is -2.12. The van der Waals surface area contributed by atoms with Crippen LogP contribution in [-0.4, -0.2) is 22.0 Å². The van der Waals surface area contributed by atoms with Gasteiger partial charge in [0.25, 0.3) is 5.56 Å². The molecule has 0 aliphatic rings. The average molecular weight is 493 g/mol. The number of hydrogen-bond donors (Lipinski definition) is 0. The molecule has 2 aromatic heterocycles. The van der Waals surface area contributed by atoms with E-state index < -0.39 is 5.97 Å². The summed E-state index contributed by atoms with van der Waals surface area (Å²) in [7, 11) is 0. The van der Waals surface area contributed by atoms with Gasteiger partial charge in [-0.1, -0.05) is 65.9 Å². The summed E-state index contributed by atoms with van der Waals surface area (Å²) in [5.74, 6) is 0.290. The number of thiazole rings is 1. The van der Waals surface area contributed by atoms with Crippen LogP contribution in [0.1, 0.15) is 22.8 Å². The van der Waals surface area contributed by atoms with Gasteiger partial charge in [-0.25, -0.2) is 14.2 Å². The van der Waals surface area contributed by atoms with Gasteiger partial charge in [-0.05, 0) is 59.7 Å². The molecule has 6 rings (SSSR count). The van der Waals surface area contributed by atoms with E-state index in [1.165, 1.54) is 11.3 Å². The van der Waals surface area contributed by atoms with Gasteiger partial charge >= 0.3 is 5.97 Å². The van der Waals surface area contributed by atoms with Crippen LogP contribution in [-0.2, 0) is 0 Å². The summed E-state index contributed by atoms with van der Waals surface area (Å²) in [6.45, 7) is 2.26. The number of aromatic nitrogens is 2. The third kappa shape index (κ3) is 3.79. The van der Waals surface area contributed by atoms with Crippen LogP contribution in [0.2, 0.25) is 0 Å². The van der Waals surface area contributed by atoms with Gasteiger partial charge in [0.1, 0.15) is 0 Å². The Morgan fingerprint density at radius 1 is 0.972 bits per heavy atom. The second-order valence-electron chi connectivity index (χ2n) is 8.19. The van der Waals surface area contributed by atoms with Crippen molar-refractivity contribution in [3.63, 3.8) is 0 Å². The van der Waals surface area contributed by atoms with E-state index >= 15 is 0 Å². The van der Waals surface area contributed by atoms with E-state index in [0.717, 1.165) is 27.4 Å². The molecule has 0 amide bonds. The molecule has 0 radical (unpaired) electrons. The van der Waals surface area contributed by atoms with Gasteiger partial charge in [0.05, 0.1) is 27.7 Å². The van der Waals surface area contributed by atoms with Gasteiger partial charge < -0.3 is 9.47 Å². The molecule has 0 bridgehead atoms. The molecule has 0 unspecified atom stereocenters. The van der Waals surface area contributed by atoms with E-state index in [1.807, 2.05) is 67.6 Å². The lowest BCUT2D eigenvalue weighted by atomic mass is 10.0. The van der Waals surface area contributed by atoms with Crippen LogP contribution >= 0.6 is 11.3 Å². The second-order valence-corrected chi connectivity index (χ2v) is 9.20. The molecule has 0 fully saturated rings. The quantitative estimate of drug-likeness (QED) is 0.244. The number of para-hydroxylation sites is 2. The fraction of sp³-hybridized carbons (Fsp3) is 0.0690. The molecule has 0 saturated heterocycles. The lowest BCUT2D eigenvalue weighted by molar-refractivity contribution is 0.0730. The number of ether oxygens (including phenoxy) is 2. The third-order valence-corrected chi connectivity index (χ3v) is 6.89. The van der Waals surface area contributed by atoms with Crippen molar-refractivity contribution in [2.75, 3.05) is 6.61 Å². The predicted molar refractivity (Wildman–Crippen MR) is 142 cm³/mol. The molecule has 0 N–H and O–H groups in total. The second kappa shape index (κ2) is 8.94. The zero-order valence-corrected chi connectivity index (χ0v) is 20.1. The summed E-state index contributed by atoms with van der Waals surface area (Å²) in [4.78, 5) is 31.4. The number of hydrogen-bond acceptors (Lipinski definition) is 6. The van der Waals surface area contributed by atoms with Gasteiger partial charge in [-0.15, -0.1) is 0 Å². The van der Waals surface area contributed by atoms with Gasteiger partial charge in [-0.2, -0.15) is 0 Å². The number of benzene rings is 4. The molecule has 0 aliphatic carbocycles. The first kappa shape index (κ1) is 22.0. The topological polar surface area (TPSA) is 69.9 Å². The monoisotopic (exact) mass is 492 g/mol. The summed E-state index contributed by atoms with van der Waals surface area (Å²) in [6.07, 6.45) is 1.80. The summed E-state index contributed by atoms with van der Waals surface area (Å²) >= 11 is 1.33. The van der Waals surface area contributed by atoms with Gasteiger partial charge in [-0.3, -0.25) is 4.79 Å². The standard InChI is InChI=1S/C29H20N2O4S/c1-2-34-25-16-18(17-26-27(32)31-23-13-6-5-12-22(23)30-29(31)36-26)14-15-24(25)35-28(33)21-11-7-9-19-8-3-4-10-20(19)21/h3-17H,2H2,1H3/b26-17-. The highest BCUT2D eigenvalue weighted by Crippen LogP contribution is 2.30. The first-order chi connectivity index (χ1) is 17.6. The highest BCUT2D eigenvalue weighted by molar-refractivity contribution is 7.15. The number of imidazole rings is 1. The van der Waals surface area contributed by atoms with Crippen molar-refractivity contribution in [2.45, 2.75) is 6.92 Å². The normalized spacial score (nSPS) is 12.0. The first-order valence-corrected chi connectivity index (χ1v) is 12.3. The Balaban J connectivity index is 1.37. The molecule has 0 aliphatic heterocycles. The molecule has 6 aromatic rings. The summed E-state index contributed by atoms with van der Waals surface area (Å²) in [5, 5.41) is 1.79. The average Bonchev–Trinajstić information content (AvgIpc) is 3.41. The smallest absolute Gasteiger partial charge is 0.344 e. The molecule has 4 aromatic carbocycles. The van der Waals surface area contributed by atoms with Crippen molar-refractivity contribution >= 4 is 50.1 Å². The van der Waals surface area contributed by atoms with Gasteiger partial charge in [0.2, 0.25) is 0 Å². The fourth-order valence-corrected chi connectivity index (χ4v) is 5.28. The van der Waals surface area contributed by atoms with Crippen LogP contribution in [0.5, 0.6) is 11.5 Å². The Morgan fingerprint density at radius 3 is 2.67 bits per heavy atom. The van der Waals surface area contributed by atoms with Crippen LogP contribution in [0.25, 0.3) is 32.8 Å². The number of fused-ring (bicyclic) bond motifs is 4. The van der Waals surface area contributed by atoms with E-state index in [-0.39, 0.29) is 5.56 Å². The SMILES string of the molecule is CCOc1cc(/C=c2\sc3nc4ccccc4n3c2=O)ccc1OC(=O)c1cccc2ccccc12. The van der Waals surface area contributed by atoms with Crippen LogP contribution in [0, 0.1) is 0 Å². The molecular formula is C29H20N2O4S. The minimum Gasteiger partial charge on any atom is -0.490 e. The fourth-order valence-electron chi connectivity index (χ4n) is 4.29. The number of carbonyl (C=O) groups excluding carboxylic acids is 1. The zero-order chi connectivity index (χ0) is 24.6. The Morgan fingerprint density at radius 2 is 1.78 bits per heavy atom. The number of carbonyl (C=O) groups is 1. The Bertz CT molecular complexity index is 1880. The Hall–Kier alpha value is -4.49. The summed E-state index contributed by atoms with van der Waals surface area (Å²) in [6, 6.07) is 26.1. The number of esters is 1. The van der Waals surface area contributed by atoms with Crippen LogP contribution < -0.4 is 19.6 Å². The van der Waals surface area contributed by atoms with E-state index in [1.54, 1.807) is 34.7 Å². The van der Waals surface area contributed by atoms with E-state index in [9.17, 15) is 9.59 Å². The van der Waals surface area contributed by atoms with Crippen molar-refractivity contribution in [3.8, 4) is 11.5 Å². The van der Waals surface area contributed by atoms with E-state index in [0.29, 0.717) is 33.2 Å². The molecule has 0 spiro atoms. The first-order valence-electron chi connectivity index (χ1n) is 11.5. The summed E-state index contributed by atoms with van der Waals surface area (Å²) < 4.78 is 13.7. The minimum absolute atomic E-state index is 0.117.